The first-order valence-electron chi connectivity index (χ1n) is 10.4. The number of piperidine rings is 1. The molecule has 1 aromatic rings. The normalized spacial score (nSPS) is 24.7. The van der Waals surface area contributed by atoms with Gasteiger partial charge in [0.05, 0.1) is 6.54 Å². The van der Waals surface area contributed by atoms with Crippen LogP contribution >= 0.6 is 0 Å². The van der Waals surface area contributed by atoms with Crippen molar-refractivity contribution in [3.8, 4) is 0 Å². The Hall–Kier alpha value is -1.43. The van der Waals surface area contributed by atoms with E-state index in [1.807, 2.05) is 4.90 Å². The molecule has 3 rings (SSSR count). The summed E-state index contributed by atoms with van der Waals surface area (Å²) in [6.07, 6.45) is 2.25. The van der Waals surface area contributed by atoms with Gasteiger partial charge in [0.1, 0.15) is 0 Å². The third-order valence-electron chi connectivity index (χ3n) is 6.47. The van der Waals surface area contributed by atoms with Crippen molar-refractivity contribution < 1.29 is 9.90 Å². The summed E-state index contributed by atoms with van der Waals surface area (Å²) in [5.41, 5.74) is 1.43. The second kappa shape index (κ2) is 9.67. The standard InChI is InChI=1S/C22H35N3O2/c1-3-23(2)13-20-14-25(15-21(20)17-26)22(27)16-24-11-9-19(10-12-24)18-7-5-4-6-8-18/h4-8,19-21,26H,3,9-17H2,1-2H3/t20-,21-/m1/s1. The van der Waals surface area contributed by atoms with Gasteiger partial charge < -0.3 is 14.9 Å². The molecule has 2 fully saturated rings. The molecular weight excluding hydrogens is 338 g/mol. The Morgan fingerprint density at radius 1 is 1.15 bits per heavy atom. The minimum Gasteiger partial charge on any atom is -0.396 e. The zero-order valence-corrected chi connectivity index (χ0v) is 16.9. The van der Waals surface area contributed by atoms with Gasteiger partial charge in [0.15, 0.2) is 0 Å². The SMILES string of the molecule is CCN(C)C[C@@H]1CN(C(=O)CN2CCC(c3ccccc3)CC2)C[C@@H]1CO. The maximum Gasteiger partial charge on any atom is 0.236 e. The molecule has 0 saturated carbocycles. The number of carbonyl (C=O) groups excluding carboxylic acids is 1. The van der Waals surface area contributed by atoms with Gasteiger partial charge >= 0.3 is 0 Å². The summed E-state index contributed by atoms with van der Waals surface area (Å²) in [5, 5.41) is 9.71. The number of benzene rings is 1. The number of aliphatic hydroxyl groups excluding tert-OH is 1. The van der Waals surface area contributed by atoms with Gasteiger partial charge in [-0.3, -0.25) is 9.69 Å². The topological polar surface area (TPSA) is 47.0 Å². The van der Waals surface area contributed by atoms with Gasteiger partial charge in [-0.05, 0) is 56.9 Å². The highest BCUT2D eigenvalue weighted by Gasteiger charge is 2.35. The highest BCUT2D eigenvalue weighted by molar-refractivity contribution is 5.78. The van der Waals surface area contributed by atoms with E-state index in [1.165, 1.54) is 5.56 Å². The van der Waals surface area contributed by atoms with Crippen LogP contribution < -0.4 is 0 Å². The summed E-state index contributed by atoms with van der Waals surface area (Å²) in [7, 11) is 2.11. The minimum atomic E-state index is 0.175. The molecule has 0 unspecified atom stereocenters. The quantitative estimate of drug-likeness (QED) is 0.793. The van der Waals surface area contributed by atoms with Crippen molar-refractivity contribution in [3.05, 3.63) is 35.9 Å². The lowest BCUT2D eigenvalue weighted by atomic mass is 9.89. The maximum atomic E-state index is 12.8. The van der Waals surface area contributed by atoms with Gasteiger partial charge in [-0.25, -0.2) is 0 Å². The number of hydrogen-bond donors (Lipinski definition) is 1. The van der Waals surface area contributed by atoms with E-state index in [0.717, 1.165) is 45.6 Å². The Morgan fingerprint density at radius 3 is 2.44 bits per heavy atom. The second-order valence-electron chi connectivity index (χ2n) is 8.32. The fourth-order valence-electron chi connectivity index (χ4n) is 4.53. The van der Waals surface area contributed by atoms with Crippen LogP contribution in [0.3, 0.4) is 0 Å². The molecule has 27 heavy (non-hydrogen) atoms. The van der Waals surface area contributed by atoms with Gasteiger partial charge in [0, 0.05) is 32.2 Å². The fourth-order valence-corrected chi connectivity index (χ4v) is 4.53. The first-order chi connectivity index (χ1) is 13.1. The van der Waals surface area contributed by atoms with E-state index in [0.29, 0.717) is 24.9 Å². The molecule has 0 radical (unpaired) electrons. The molecule has 5 heteroatoms. The van der Waals surface area contributed by atoms with Gasteiger partial charge in [-0.2, -0.15) is 0 Å². The number of hydrogen-bond acceptors (Lipinski definition) is 4. The van der Waals surface area contributed by atoms with Crippen molar-refractivity contribution >= 4 is 5.91 Å². The largest absolute Gasteiger partial charge is 0.396 e. The number of carbonyl (C=O) groups is 1. The zero-order chi connectivity index (χ0) is 19.2. The molecule has 2 heterocycles. The van der Waals surface area contributed by atoms with E-state index in [-0.39, 0.29) is 18.4 Å². The van der Waals surface area contributed by atoms with Gasteiger partial charge in [-0.1, -0.05) is 37.3 Å². The number of amides is 1. The molecule has 2 atom stereocenters. The molecule has 0 bridgehead atoms. The molecule has 0 aromatic heterocycles. The third kappa shape index (κ3) is 5.31. The molecule has 150 valence electrons. The Kier molecular flexibility index (Phi) is 7.27. The monoisotopic (exact) mass is 373 g/mol. The predicted molar refractivity (Wildman–Crippen MR) is 109 cm³/mol. The molecule has 2 saturated heterocycles. The molecule has 1 aromatic carbocycles. The van der Waals surface area contributed by atoms with Gasteiger partial charge in [-0.15, -0.1) is 0 Å². The van der Waals surface area contributed by atoms with E-state index in [9.17, 15) is 9.90 Å². The molecule has 2 aliphatic heterocycles. The second-order valence-corrected chi connectivity index (χ2v) is 8.32. The first-order valence-corrected chi connectivity index (χ1v) is 10.4. The van der Waals surface area contributed by atoms with Crippen molar-refractivity contribution in [2.75, 3.05) is 59.5 Å². The van der Waals surface area contributed by atoms with Crippen molar-refractivity contribution in [2.24, 2.45) is 11.8 Å². The Labute approximate surface area is 163 Å². The van der Waals surface area contributed by atoms with Crippen LogP contribution in [0.1, 0.15) is 31.2 Å². The maximum absolute atomic E-state index is 12.8. The molecule has 1 N–H and O–H groups in total. The highest BCUT2D eigenvalue weighted by atomic mass is 16.3. The average Bonchev–Trinajstić information content (AvgIpc) is 3.12. The van der Waals surface area contributed by atoms with E-state index < -0.39 is 0 Å². The summed E-state index contributed by atoms with van der Waals surface area (Å²) in [5.74, 6) is 1.45. The summed E-state index contributed by atoms with van der Waals surface area (Å²) >= 11 is 0. The lowest BCUT2D eigenvalue weighted by Crippen LogP contribution is -2.42. The minimum absolute atomic E-state index is 0.175. The molecule has 2 aliphatic rings. The molecule has 5 nitrogen and oxygen atoms in total. The molecule has 0 spiro atoms. The Morgan fingerprint density at radius 2 is 1.81 bits per heavy atom. The summed E-state index contributed by atoms with van der Waals surface area (Å²) in [6, 6.07) is 10.7. The van der Waals surface area contributed by atoms with E-state index in [1.54, 1.807) is 0 Å². The van der Waals surface area contributed by atoms with Crippen LogP contribution in [0, 0.1) is 11.8 Å². The van der Waals surface area contributed by atoms with Crippen molar-refractivity contribution in [1.82, 2.24) is 14.7 Å². The van der Waals surface area contributed by atoms with Gasteiger partial charge in [0.25, 0.3) is 0 Å². The lowest BCUT2D eigenvalue weighted by Gasteiger charge is -2.32. The molecule has 1 amide bonds. The van der Waals surface area contributed by atoms with Crippen LogP contribution in [0.4, 0.5) is 0 Å². The number of rotatable bonds is 7. The van der Waals surface area contributed by atoms with Crippen LogP contribution in [0.15, 0.2) is 30.3 Å². The fraction of sp³-hybridized carbons (Fsp3) is 0.682. The van der Waals surface area contributed by atoms with Crippen LogP contribution in [0.2, 0.25) is 0 Å². The molecular formula is C22H35N3O2. The Bertz CT molecular complexity index is 586. The van der Waals surface area contributed by atoms with Crippen LogP contribution in [-0.2, 0) is 4.79 Å². The first kappa shape index (κ1) is 20.3. The number of aliphatic hydroxyl groups is 1. The van der Waals surface area contributed by atoms with Crippen LogP contribution in [0.25, 0.3) is 0 Å². The van der Waals surface area contributed by atoms with Gasteiger partial charge in [0.2, 0.25) is 5.91 Å². The smallest absolute Gasteiger partial charge is 0.236 e. The predicted octanol–water partition coefficient (Wildman–Crippen LogP) is 1.88. The van der Waals surface area contributed by atoms with Crippen molar-refractivity contribution in [2.45, 2.75) is 25.7 Å². The summed E-state index contributed by atoms with van der Waals surface area (Å²) in [6.45, 7) is 8.27. The number of nitrogens with zero attached hydrogens (tertiary/aromatic N) is 3. The average molecular weight is 374 g/mol. The van der Waals surface area contributed by atoms with E-state index in [2.05, 4.69) is 54.1 Å². The van der Waals surface area contributed by atoms with Crippen molar-refractivity contribution in [1.29, 1.82) is 0 Å². The summed E-state index contributed by atoms with van der Waals surface area (Å²) in [4.78, 5) is 19.4. The summed E-state index contributed by atoms with van der Waals surface area (Å²) < 4.78 is 0. The Balaban J connectivity index is 1.47. The zero-order valence-electron chi connectivity index (χ0n) is 16.9. The van der Waals surface area contributed by atoms with E-state index >= 15 is 0 Å². The van der Waals surface area contributed by atoms with Crippen molar-refractivity contribution in [3.63, 3.8) is 0 Å². The third-order valence-corrected chi connectivity index (χ3v) is 6.47. The van der Waals surface area contributed by atoms with E-state index in [4.69, 9.17) is 0 Å². The molecule has 0 aliphatic carbocycles. The lowest BCUT2D eigenvalue weighted by molar-refractivity contribution is -0.131. The van der Waals surface area contributed by atoms with Crippen LogP contribution in [0.5, 0.6) is 0 Å². The highest BCUT2D eigenvalue weighted by Crippen LogP contribution is 2.28. The number of likely N-dealkylation sites (tertiary alicyclic amines) is 2. The van der Waals surface area contributed by atoms with Crippen LogP contribution in [-0.4, -0.2) is 85.2 Å².